The molecular formula is C7H13N3S2. The topological polar surface area (TPSA) is 31.9 Å². The Hall–Kier alpha value is -0.420. The molecule has 1 heterocycles. The summed E-state index contributed by atoms with van der Waals surface area (Å²) in [6.45, 7) is 7.38. The van der Waals surface area contributed by atoms with Crippen LogP contribution in [0.2, 0.25) is 0 Å². The summed E-state index contributed by atoms with van der Waals surface area (Å²) in [6.07, 6.45) is 0. The van der Waals surface area contributed by atoms with Crippen LogP contribution in [-0.4, -0.2) is 22.8 Å². The molecule has 12 heavy (non-hydrogen) atoms. The zero-order valence-corrected chi connectivity index (χ0v) is 9.13. The summed E-state index contributed by atoms with van der Waals surface area (Å²) >= 11 is 6.48. The van der Waals surface area contributed by atoms with E-state index in [2.05, 4.69) is 35.9 Å². The van der Waals surface area contributed by atoms with E-state index in [0.29, 0.717) is 6.04 Å². The fraction of sp³-hybridized carbons (Fsp3) is 0.714. The predicted molar refractivity (Wildman–Crippen MR) is 55.5 cm³/mol. The second-order valence-electron chi connectivity index (χ2n) is 2.78. The number of rotatable bonds is 3. The molecule has 3 nitrogen and oxygen atoms in total. The van der Waals surface area contributed by atoms with Crippen LogP contribution in [0.5, 0.6) is 0 Å². The summed E-state index contributed by atoms with van der Waals surface area (Å²) in [5.74, 6) is 0. The normalized spacial score (nSPS) is 10.7. The van der Waals surface area contributed by atoms with E-state index in [9.17, 15) is 0 Å². The standard InChI is InChI=1S/C7H13N3S2/c1-4-10(5(2)3)6-8-9-7(11)12-6/h5H,4H2,1-3H3,(H,9,11). The molecule has 1 aromatic heterocycles. The summed E-state index contributed by atoms with van der Waals surface area (Å²) in [7, 11) is 0. The molecule has 0 aliphatic carbocycles. The van der Waals surface area contributed by atoms with Crippen LogP contribution in [0.25, 0.3) is 0 Å². The van der Waals surface area contributed by atoms with E-state index in [4.69, 9.17) is 12.2 Å². The van der Waals surface area contributed by atoms with Gasteiger partial charge in [0.2, 0.25) is 5.13 Å². The lowest BCUT2D eigenvalue weighted by molar-refractivity contribution is 0.696. The maximum atomic E-state index is 4.96. The van der Waals surface area contributed by atoms with Gasteiger partial charge in [-0.05, 0) is 33.0 Å². The monoisotopic (exact) mass is 203 g/mol. The van der Waals surface area contributed by atoms with Crippen molar-refractivity contribution in [3.63, 3.8) is 0 Å². The van der Waals surface area contributed by atoms with Gasteiger partial charge in [0.05, 0.1) is 0 Å². The third-order valence-electron chi connectivity index (χ3n) is 1.64. The molecule has 0 amide bonds. The van der Waals surface area contributed by atoms with Gasteiger partial charge in [0, 0.05) is 12.6 Å². The van der Waals surface area contributed by atoms with Crippen molar-refractivity contribution in [1.82, 2.24) is 10.2 Å². The highest BCUT2D eigenvalue weighted by Gasteiger charge is 2.10. The SMILES string of the molecule is CCN(c1n[nH]c(=S)s1)C(C)C. The Bertz CT molecular complexity index is 289. The highest BCUT2D eigenvalue weighted by molar-refractivity contribution is 7.73. The summed E-state index contributed by atoms with van der Waals surface area (Å²) in [6, 6.07) is 0.476. The number of nitrogens with one attached hydrogen (secondary N) is 1. The van der Waals surface area contributed by atoms with E-state index in [1.54, 1.807) is 0 Å². The maximum Gasteiger partial charge on any atom is 0.207 e. The molecule has 5 heteroatoms. The summed E-state index contributed by atoms with van der Waals surface area (Å²) < 4.78 is 0.740. The first kappa shape index (κ1) is 9.67. The highest BCUT2D eigenvalue weighted by Crippen LogP contribution is 2.18. The largest absolute Gasteiger partial charge is 0.345 e. The van der Waals surface area contributed by atoms with Crippen molar-refractivity contribution in [2.45, 2.75) is 26.8 Å². The quantitative estimate of drug-likeness (QED) is 0.766. The van der Waals surface area contributed by atoms with Crippen LogP contribution in [-0.2, 0) is 0 Å². The van der Waals surface area contributed by atoms with E-state index >= 15 is 0 Å². The number of nitrogens with zero attached hydrogens (tertiary/aromatic N) is 2. The number of anilines is 1. The molecule has 1 aromatic rings. The zero-order valence-electron chi connectivity index (χ0n) is 7.50. The maximum absolute atomic E-state index is 4.96. The number of aromatic nitrogens is 2. The van der Waals surface area contributed by atoms with Gasteiger partial charge in [-0.25, -0.2) is 0 Å². The Morgan fingerprint density at radius 2 is 2.33 bits per heavy atom. The number of aromatic amines is 1. The molecule has 0 saturated carbocycles. The number of hydrogen-bond acceptors (Lipinski definition) is 4. The average Bonchev–Trinajstić information content (AvgIpc) is 2.37. The van der Waals surface area contributed by atoms with E-state index in [0.717, 1.165) is 15.6 Å². The van der Waals surface area contributed by atoms with Crippen molar-refractivity contribution in [3.8, 4) is 0 Å². The van der Waals surface area contributed by atoms with Crippen molar-refractivity contribution in [3.05, 3.63) is 3.95 Å². The molecule has 0 saturated heterocycles. The van der Waals surface area contributed by atoms with Crippen molar-refractivity contribution >= 4 is 28.7 Å². The molecule has 0 spiro atoms. The van der Waals surface area contributed by atoms with Gasteiger partial charge in [-0.2, -0.15) is 0 Å². The molecule has 0 atom stereocenters. The molecule has 0 unspecified atom stereocenters. The second kappa shape index (κ2) is 4.00. The van der Waals surface area contributed by atoms with Crippen molar-refractivity contribution in [2.24, 2.45) is 0 Å². The summed E-state index contributed by atoms with van der Waals surface area (Å²) in [4.78, 5) is 2.21. The Labute approximate surface area is 81.4 Å². The van der Waals surface area contributed by atoms with Gasteiger partial charge in [-0.3, -0.25) is 5.10 Å². The second-order valence-corrected chi connectivity index (χ2v) is 4.42. The molecular weight excluding hydrogens is 190 g/mol. The number of hydrogen-bond donors (Lipinski definition) is 1. The minimum atomic E-state index is 0.476. The van der Waals surface area contributed by atoms with Crippen molar-refractivity contribution in [1.29, 1.82) is 0 Å². The molecule has 0 aromatic carbocycles. The first-order valence-corrected chi connectivity index (χ1v) is 5.19. The van der Waals surface area contributed by atoms with Crippen LogP contribution >= 0.6 is 23.6 Å². The lowest BCUT2D eigenvalue weighted by Crippen LogP contribution is -2.30. The molecule has 0 fully saturated rings. The summed E-state index contributed by atoms with van der Waals surface area (Å²) in [5, 5.41) is 7.89. The van der Waals surface area contributed by atoms with Gasteiger partial charge in [-0.15, -0.1) is 5.10 Å². The average molecular weight is 203 g/mol. The van der Waals surface area contributed by atoms with Gasteiger partial charge in [0.1, 0.15) is 0 Å². The van der Waals surface area contributed by atoms with Crippen molar-refractivity contribution < 1.29 is 0 Å². The van der Waals surface area contributed by atoms with E-state index in [-0.39, 0.29) is 0 Å². The molecule has 1 N–H and O–H groups in total. The van der Waals surface area contributed by atoms with Crippen LogP contribution in [0.1, 0.15) is 20.8 Å². The van der Waals surface area contributed by atoms with Gasteiger partial charge in [0.15, 0.2) is 3.95 Å². The van der Waals surface area contributed by atoms with E-state index < -0.39 is 0 Å². The third-order valence-corrected chi connectivity index (χ3v) is 2.76. The minimum absolute atomic E-state index is 0.476. The molecule has 0 bridgehead atoms. The van der Waals surface area contributed by atoms with E-state index in [1.807, 2.05) is 0 Å². The van der Waals surface area contributed by atoms with E-state index in [1.165, 1.54) is 11.3 Å². The molecule has 0 radical (unpaired) electrons. The predicted octanol–water partition coefficient (Wildman–Crippen LogP) is 2.44. The fourth-order valence-electron chi connectivity index (χ4n) is 1.07. The molecule has 0 aliphatic heterocycles. The fourth-order valence-corrected chi connectivity index (χ4v) is 2.14. The van der Waals surface area contributed by atoms with Gasteiger partial charge in [0.25, 0.3) is 0 Å². The van der Waals surface area contributed by atoms with Gasteiger partial charge < -0.3 is 4.90 Å². The van der Waals surface area contributed by atoms with Crippen LogP contribution in [0.15, 0.2) is 0 Å². The van der Waals surface area contributed by atoms with Crippen molar-refractivity contribution in [2.75, 3.05) is 11.4 Å². The Morgan fingerprint density at radius 1 is 1.67 bits per heavy atom. The van der Waals surface area contributed by atoms with Crippen LogP contribution in [0, 0.1) is 3.95 Å². The Kier molecular flexibility index (Phi) is 3.22. The highest BCUT2D eigenvalue weighted by atomic mass is 32.1. The lowest BCUT2D eigenvalue weighted by Gasteiger charge is -2.23. The van der Waals surface area contributed by atoms with Crippen LogP contribution in [0.3, 0.4) is 0 Å². The zero-order chi connectivity index (χ0) is 9.14. The minimum Gasteiger partial charge on any atom is -0.345 e. The lowest BCUT2D eigenvalue weighted by atomic mass is 10.3. The first-order chi connectivity index (χ1) is 5.65. The summed E-state index contributed by atoms with van der Waals surface area (Å²) in [5.41, 5.74) is 0. The first-order valence-electron chi connectivity index (χ1n) is 3.97. The van der Waals surface area contributed by atoms with Crippen LogP contribution in [0.4, 0.5) is 5.13 Å². The molecule has 68 valence electrons. The molecule has 1 rings (SSSR count). The third kappa shape index (κ3) is 2.04. The van der Waals surface area contributed by atoms with Crippen LogP contribution < -0.4 is 4.90 Å². The Balaban J connectivity index is 2.87. The van der Waals surface area contributed by atoms with Gasteiger partial charge >= 0.3 is 0 Å². The number of H-pyrrole nitrogens is 1. The molecule has 0 aliphatic rings. The Morgan fingerprint density at radius 3 is 2.67 bits per heavy atom. The smallest absolute Gasteiger partial charge is 0.207 e. The van der Waals surface area contributed by atoms with Gasteiger partial charge in [-0.1, -0.05) is 11.3 Å².